The molecule has 0 saturated carbocycles. The molecule has 0 amide bonds. The first-order valence-electron chi connectivity index (χ1n) is 6.25. The molecule has 0 unspecified atom stereocenters. The lowest BCUT2D eigenvalue weighted by molar-refractivity contribution is 0.0458. The summed E-state index contributed by atoms with van der Waals surface area (Å²) in [6.45, 7) is 7.81. The molecule has 106 valence electrons. The lowest BCUT2D eigenvalue weighted by atomic mass is 10.1. The zero-order valence-electron chi connectivity index (χ0n) is 11.7. The maximum absolute atomic E-state index is 13.2. The first kappa shape index (κ1) is 16.6. The van der Waals surface area contributed by atoms with Gasteiger partial charge in [-0.1, -0.05) is 15.9 Å². The quantitative estimate of drug-likeness (QED) is 0.708. The van der Waals surface area contributed by atoms with Gasteiger partial charge in [0.25, 0.3) is 0 Å². The van der Waals surface area contributed by atoms with E-state index < -0.39 is 7.32 Å². The molecule has 0 aliphatic rings. The van der Waals surface area contributed by atoms with Gasteiger partial charge in [0.1, 0.15) is 5.82 Å². The van der Waals surface area contributed by atoms with Gasteiger partial charge < -0.3 is 14.0 Å². The second-order valence-electron chi connectivity index (χ2n) is 4.71. The van der Waals surface area contributed by atoms with Crippen molar-refractivity contribution >= 4 is 23.3 Å². The SMILES string of the molecule is CC(C)OB(OCc1cc(F)ccc1Br)OC(C)C. The van der Waals surface area contributed by atoms with Gasteiger partial charge in [0, 0.05) is 16.7 Å². The summed E-state index contributed by atoms with van der Waals surface area (Å²) in [4.78, 5) is 0. The van der Waals surface area contributed by atoms with E-state index in [4.69, 9.17) is 14.0 Å². The van der Waals surface area contributed by atoms with Crippen molar-refractivity contribution in [2.75, 3.05) is 0 Å². The minimum Gasteiger partial charge on any atom is -0.384 e. The molecular formula is C13H19BBrFO3. The summed E-state index contributed by atoms with van der Waals surface area (Å²) in [5, 5.41) is 0. The molecule has 0 atom stereocenters. The van der Waals surface area contributed by atoms with Crippen LogP contribution in [0.25, 0.3) is 0 Å². The smallest absolute Gasteiger partial charge is 0.384 e. The van der Waals surface area contributed by atoms with Crippen LogP contribution in [0.5, 0.6) is 0 Å². The average molecular weight is 333 g/mol. The van der Waals surface area contributed by atoms with E-state index in [0.29, 0.717) is 5.56 Å². The Kier molecular flexibility index (Phi) is 7.00. The van der Waals surface area contributed by atoms with Crippen LogP contribution in [-0.4, -0.2) is 19.5 Å². The lowest BCUT2D eigenvalue weighted by Crippen LogP contribution is -2.32. The lowest BCUT2D eigenvalue weighted by Gasteiger charge is -2.19. The van der Waals surface area contributed by atoms with E-state index in [-0.39, 0.29) is 24.6 Å². The first-order chi connectivity index (χ1) is 8.88. The van der Waals surface area contributed by atoms with Crippen molar-refractivity contribution in [3.63, 3.8) is 0 Å². The number of rotatable bonds is 7. The topological polar surface area (TPSA) is 27.7 Å². The van der Waals surface area contributed by atoms with Gasteiger partial charge in [-0.05, 0) is 51.5 Å². The molecule has 0 bridgehead atoms. The third-order valence-electron chi connectivity index (χ3n) is 2.15. The van der Waals surface area contributed by atoms with E-state index in [1.54, 1.807) is 6.07 Å². The van der Waals surface area contributed by atoms with Gasteiger partial charge in [-0.15, -0.1) is 0 Å². The first-order valence-corrected chi connectivity index (χ1v) is 7.04. The predicted octanol–water partition coefficient (Wildman–Crippen LogP) is 3.94. The van der Waals surface area contributed by atoms with Crippen LogP contribution in [0.3, 0.4) is 0 Å². The van der Waals surface area contributed by atoms with Gasteiger partial charge in [0.05, 0.1) is 6.61 Å². The summed E-state index contributed by atoms with van der Waals surface area (Å²) < 4.78 is 30.5. The number of hydrogen-bond acceptors (Lipinski definition) is 3. The van der Waals surface area contributed by atoms with Gasteiger partial charge in [0.2, 0.25) is 0 Å². The maximum Gasteiger partial charge on any atom is 0.640 e. The van der Waals surface area contributed by atoms with Crippen molar-refractivity contribution in [2.45, 2.75) is 46.5 Å². The summed E-state index contributed by atoms with van der Waals surface area (Å²) in [5.74, 6) is -0.298. The Morgan fingerprint density at radius 1 is 1.16 bits per heavy atom. The Morgan fingerprint density at radius 2 is 1.74 bits per heavy atom. The summed E-state index contributed by atoms with van der Waals surface area (Å²) >= 11 is 3.35. The Morgan fingerprint density at radius 3 is 2.26 bits per heavy atom. The van der Waals surface area contributed by atoms with E-state index >= 15 is 0 Å². The van der Waals surface area contributed by atoms with Crippen LogP contribution in [0.4, 0.5) is 4.39 Å². The van der Waals surface area contributed by atoms with Gasteiger partial charge in [-0.3, -0.25) is 0 Å². The average Bonchev–Trinajstić information content (AvgIpc) is 2.28. The highest BCUT2D eigenvalue weighted by molar-refractivity contribution is 9.10. The molecule has 0 aliphatic carbocycles. The van der Waals surface area contributed by atoms with Gasteiger partial charge in [-0.2, -0.15) is 0 Å². The van der Waals surface area contributed by atoms with E-state index in [2.05, 4.69) is 15.9 Å². The number of benzene rings is 1. The van der Waals surface area contributed by atoms with Crippen molar-refractivity contribution in [3.8, 4) is 0 Å². The summed E-state index contributed by atoms with van der Waals surface area (Å²) in [5.41, 5.74) is 0.713. The normalized spacial score (nSPS) is 11.4. The summed E-state index contributed by atoms with van der Waals surface area (Å²) in [7, 11) is -0.754. The molecule has 0 heterocycles. The van der Waals surface area contributed by atoms with Crippen LogP contribution in [0, 0.1) is 5.82 Å². The highest BCUT2D eigenvalue weighted by Crippen LogP contribution is 2.19. The molecule has 0 N–H and O–H groups in total. The van der Waals surface area contributed by atoms with Crippen molar-refractivity contribution in [1.82, 2.24) is 0 Å². The second-order valence-corrected chi connectivity index (χ2v) is 5.56. The molecule has 0 fully saturated rings. The molecule has 3 nitrogen and oxygen atoms in total. The standard InChI is InChI=1S/C13H19BBrFO3/c1-9(2)18-14(19-10(3)4)17-8-11-7-12(16)5-6-13(11)15/h5-7,9-10H,8H2,1-4H3. The van der Waals surface area contributed by atoms with Gasteiger partial charge >= 0.3 is 7.32 Å². The van der Waals surface area contributed by atoms with Crippen LogP contribution in [0.15, 0.2) is 22.7 Å². The van der Waals surface area contributed by atoms with Crippen LogP contribution in [0.1, 0.15) is 33.3 Å². The fraction of sp³-hybridized carbons (Fsp3) is 0.538. The van der Waals surface area contributed by atoms with E-state index in [9.17, 15) is 4.39 Å². The van der Waals surface area contributed by atoms with Crippen LogP contribution in [-0.2, 0) is 20.6 Å². The molecular weight excluding hydrogens is 314 g/mol. The Balaban J connectivity index is 2.61. The Labute approximate surface area is 122 Å². The molecule has 0 saturated heterocycles. The highest BCUT2D eigenvalue weighted by atomic mass is 79.9. The fourth-order valence-corrected chi connectivity index (χ4v) is 1.73. The Bertz CT molecular complexity index is 391. The third-order valence-corrected chi connectivity index (χ3v) is 2.92. The van der Waals surface area contributed by atoms with Crippen molar-refractivity contribution in [3.05, 3.63) is 34.1 Å². The molecule has 1 aromatic carbocycles. The van der Waals surface area contributed by atoms with Gasteiger partial charge in [-0.25, -0.2) is 4.39 Å². The third kappa shape index (κ3) is 6.52. The highest BCUT2D eigenvalue weighted by Gasteiger charge is 2.24. The molecule has 19 heavy (non-hydrogen) atoms. The van der Waals surface area contributed by atoms with Crippen LogP contribution < -0.4 is 0 Å². The summed E-state index contributed by atoms with van der Waals surface area (Å²) in [6.07, 6.45) is -0.0283. The Hall–Kier alpha value is -0.425. The number of halogens is 2. The largest absolute Gasteiger partial charge is 0.640 e. The fourth-order valence-electron chi connectivity index (χ4n) is 1.37. The van der Waals surface area contributed by atoms with Crippen LogP contribution in [0.2, 0.25) is 0 Å². The zero-order valence-corrected chi connectivity index (χ0v) is 13.2. The molecule has 6 heteroatoms. The monoisotopic (exact) mass is 332 g/mol. The van der Waals surface area contributed by atoms with Gasteiger partial charge in [0.15, 0.2) is 0 Å². The molecule has 1 aromatic rings. The van der Waals surface area contributed by atoms with Crippen molar-refractivity contribution in [1.29, 1.82) is 0 Å². The summed E-state index contributed by atoms with van der Waals surface area (Å²) in [6, 6.07) is 4.46. The molecule has 1 rings (SSSR count). The van der Waals surface area contributed by atoms with E-state index in [1.165, 1.54) is 12.1 Å². The van der Waals surface area contributed by atoms with Crippen LogP contribution >= 0.6 is 15.9 Å². The molecule has 0 spiro atoms. The molecule has 0 radical (unpaired) electrons. The number of hydrogen-bond donors (Lipinski definition) is 0. The second kappa shape index (κ2) is 7.99. The van der Waals surface area contributed by atoms with E-state index in [1.807, 2.05) is 27.7 Å². The minimum atomic E-state index is -0.754. The maximum atomic E-state index is 13.2. The predicted molar refractivity (Wildman–Crippen MR) is 77.1 cm³/mol. The minimum absolute atomic E-state index is 0.0142. The molecule has 0 aliphatic heterocycles. The van der Waals surface area contributed by atoms with Crippen molar-refractivity contribution < 1.29 is 18.4 Å². The van der Waals surface area contributed by atoms with E-state index in [0.717, 1.165) is 4.47 Å². The zero-order chi connectivity index (χ0) is 14.4. The van der Waals surface area contributed by atoms with Crippen molar-refractivity contribution in [2.24, 2.45) is 0 Å². The molecule has 0 aromatic heterocycles.